The second kappa shape index (κ2) is 9.65. The van der Waals surface area contributed by atoms with Gasteiger partial charge in [0.1, 0.15) is 17.5 Å². The number of aryl methyl sites for hydroxylation is 1. The van der Waals surface area contributed by atoms with Crippen molar-refractivity contribution in [3.05, 3.63) is 83.2 Å². The summed E-state index contributed by atoms with van der Waals surface area (Å²) in [4.78, 5) is 0. The molecule has 174 valence electrons. The summed E-state index contributed by atoms with van der Waals surface area (Å²) in [6.07, 6.45) is 0.706. The van der Waals surface area contributed by atoms with Gasteiger partial charge in [0.2, 0.25) is 0 Å². The van der Waals surface area contributed by atoms with Crippen LogP contribution in [0.1, 0.15) is 44.1 Å². The molecule has 0 aromatic heterocycles. The number of ether oxygens (including phenoxy) is 2. The lowest BCUT2D eigenvalue weighted by Crippen LogP contribution is -2.41. The van der Waals surface area contributed by atoms with Gasteiger partial charge in [-0.2, -0.15) is 0 Å². The molecule has 2 nitrogen and oxygen atoms in total. The standard InChI is InChI=1S/C27H26F4O2/c1-3-11-27(31)15-32-26(33-16-27)20-8-10-22(25(30)14-20)19-7-9-21(24(29)13-19)18-6-5-17(4-2)23(28)12-18/h5-10,12-14,26H,3-4,11,15-16H2,1-2H3. The summed E-state index contributed by atoms with van der Waals surface area (Å²) >= 11 is 0. The van der Waals surface area contributed by atoms with Gasteiger partial charge in [-0.3, -0.25) is 0 Å². The molecule has 1 saturated heterocycles. The van der Waals surface area contributed by atoms with Crippen molar-refractivity contribution in [1.29, 1.82) is 0 Å². The van der Waals surface area contributed by atoms with Crippen LogP contribution in [0.5, 0.6) is 0 Å². The lowest BCUT2D eigenvalue weighted by Gasteiger charge is -2.34. The van der Waals surface area contributed by atoms with E-state index < -0.39 is 23.6 Å². The molecule has 0 aliphatic carbocycles. The topological polar surface area (TPSA) is 18.5 Å². The molecule has 0 atom stereocenters. The molecule has 6 heteroatoms. The summed E-state index contributed by atoms with van der Waals surface area (Å²) in [7, 11) is 0. The third kappa shape index (κ3) is 4.97. The highest BCUT2D eigenvalue weighted by Crippen LogP contribution is 2.35. The Bertz CT molecular complexity index is 1140. The molecule has 0 saturated carbocycles. The van der Waals surface area contributed by atoms with Gasteiger partial charge >= 0.3 is 0 Å². The molecule has 0 spiro atoms. The zero-order valence-corrected chi connectivity index (χ0v) is 18.6. The minimum Gasteiger partial charge on any atom is -0.345 e. The fraction of sp³-hybridized carbons (Fsp3) is 0.333. The molecule has 0 radical (unpaired) electrons. The summed E-state index contributed by atoms with van der Waals surface area (Å²) in [5.41, 5.74) is 0.680. The van der Waals surface area contributed by atoms with E-state index in [4.69, 9.17) is 9.47 Å². The van der Waals surface area contributed by atoms with Crippen LogP contribution in [-0.2, 0) is 15.9 Å². The first kappa shape index (κ1) is 23.5. The highest BCUT2D eigenvalue weighted by molar-refractivity contribution is 5.71. The van der Waals surface area contributed by atoms with Gasteiger partial charge in [0.05, 0.1) is 13.2 Å². The minimum atomic E-state index is -1.53. The maximum absolute atomic E-state index is 14.9. The van der Waals surface area contributed by atoms with E-state index in [0.29, 0.717) is 41.5 Å². The summed E-state index contributed by atoms with van der Waals surface area (Å²) < 4.78 is 69.4. The van der Waals surface area contributed by atoms with Crippen LogP contribution in [0.15, 0.2) is 54.6 Å². The van der Waals surface area contributed by atoms with Gasteiger partial charge in [-0.1, -0.05) is 56.7 Å². The fourth-order valence-corrected chi connectivity index (χ4v) is 4.16. The van der Waals surface area contributed by atoms with Gasteiger partial charge in [-0.05, 0) is 47.7 Å². The van der Waals surface area contributed by atoms with Crippen molar-refractivity contribution < 1.29 is 27.0 Å². The average molecular weight is 458 g/mol. The maximum Gasteiger partial charge on any atom is 0.184 e. The van der Waals surface area contributed by atoms with Crippen molar-refractivity contribution in [2.45, 2.75) is 45.1 Å². The molecule has 0 unspecified atom stereocenters. The van der Waals surface area contributed by atoms with E-state index in [1.54, 1.807) is 24.3 Å². The lowest BCUT2D eigenvalue weighted by atomic mass is 9.97. The maximum atomic E-state index is 14.9. The van der Waals surface area contributed by atoms with Crippen molar-refractivity contribution in [2.75, 3.05) is 13.2 Å². The van der Waals surface area contributed by atoms with Crippen molar-refractivity contribution in [2.24, 2.45) is 0 Å². The van der Waals surface area contributed by atoms with Crippen molar-refractivity contribution >= 4 is 0 Å². The molecule has 3 aromatic rings. The summed E-state index contributed by atoms with van der Waals surface area (Å²) in [6, 6.07) is 13.4. The van der Waals surface area contributed by atoms with Crippen LogP contribution in [-0.4, -0.2) is 18.9 Å². The Labute approximate surface area is 191 Å². The van der Waals surface area contributed by atoms with Crippen molar-refractivity contribution in [1.82, 2.24) is 0 Å². The Hall–Kier alpha value is -2.70. The Morgan fingerprint density at radius 2 is 1.36 bits per heavy atom. The largest absolute Gasteiger partial charge is 0.345 e. The van der Waals surface area contributed by atoms with Crippen molar-refractivity contribution in [3.8, 4) is 22.3 Å². The van der Waals surface area contributed by atoms with Crippen LogP contribution in [0.2, 0.25) is 0 Å². The molecule has 4 rings (SSSR count). The molecule has 1 heterocycles. The monoisotopic (exact) mass is 458 g/mol. The molecule has 0 bridgehead atoms. The van der Waals surface area contributed by atoms with E-state index in [0.717, 1.165) is 0 Å². The number of hydrogen-bond donors (Lipinski definition) is 0. The van der Waals surface area contributed by atoms with Gasteiger partial charge in [-0.15, -0.1) is 0 Å². The highest BCUT2D eigenvalue weighted by Gasteiger charge is 2.37. The van der Waals surface area contributed by atoms with E-state index in [-0.39, 0.29) is 30.2 Å². The molecule has 1 aliphatic heterocycles. The Balaban J connectivity index is 1.54. The van der Waals surface area contributed by atoms with Crippen LogP contribution >= 0.6 is 0 Å². The predicted octanol–water partition coefficient (Wildman–Crippen LogP) is 7.55. The summed E-state index contributed by atoms with van der Waals surface area (Å²) in [5.74, 6) is -1.53. The second-order valence-electron chi connectivity index (χ2n) is 8.45. The van der Waals surface area contributed by atoms with Crippen LogP contribution in [0.25, 0.3) is 22.3 Å². The average Bonchev–Trinajstić information content (AvgIpc) is 2.79. The zero-order chi connectivity index (χ0) is 23.6. The summed E-state index contributed by atoms with van der Waals surface area (Å²) in [6.45, 7) is 3.51. The molecule has 1 aliphatic rings. The normalized spacial score (nSPS) is 20.7. The minimum absolute atomic E-state index is 0.110. The molecule has 1 fully saturated rings. The first-order valence-electron chi connectivity index (χ1n) is 11.1. The van der Waals surface area contributed by atoms with Gasteiger partial charge in [0.15, 0.2) is 12.0 Å². The zero-order valence-electron chi connectivity index (χ0n) is 18.6. The first-order valence-corrected chi connectivity index (χ1v) is 11.1. The molecular formula is C27H26F4O2. The SMILES string of the molecule is CCCC1(F)COC(c2ccc(-c3ccc(-c4ccc(CC)c(F)c4)c(F)c3)c(F)c2)OC1. The molecule has 0 amide bonds. The van der Waals surface area contributed by atoms with Gasteiger partial charge in [0, 0.05) is 16.7 Å². The molecule has 0 N–H and O–H groups in total. The number of benzene rings is 3. The first-order chi connectivity index (χ1) is 15.8. The van der Waals surface area contributed by atoms with E-state index in [1.165, 1.54) is 30.3 Å². The van der Waals surface area contributed by atoms with E-state index in [1.807, 2.05) is 13.8 Å². The lowest BCUT2D eigenvalue weighted by molar-refractivity contribution is -0.239. The smallest absolute Gasteiger partial charge is 0.184 e. The quantitative estimate of drug-likeness (QED) is 0.355. The third-order valence-electron chi connectivity index (χ3n) is 5.98. The Kier molecular flexibility index (Phi) is 6.86. The molecule has 3 aromatic carbocycles. The number of rotatable bonds is 6. The Morgan fingerprint density at radius 1 is 0.788 bits per heavy atom. The van der Waals surface area contributed by atoms with Crippen LogP contribution in [0.3, 0.4) is 0 Å². The highest BCUT2D eigenvalue weighted by atomic mass is 19.1. The van der Waals surface area contributed by atoms with Crippen LogP contribution in [0.4, 0.5) is 17.6 Å². The Morgan fingerprint density at radius 3 is 1.91 bits per heavy atom. The number of hydrogen-bond acceptors (Lipinski definition) is 2. The van der Waals surface area contributed by atoms with E-state index in [2.05, 4.69) is 0 Å². The number of halogens is 4. The van der Waals surface area contributed by atoms with Crippen molar-refractivity contribution in [3.63, 3.8) is 0 Å². The van der Waals surface area contributed by atoms with E-state index >= 15 is 0 Å². The van der Waals surface area contributed by atoms with Gasteiger partial charge < -0.3 is 9.47 Å². The second-order valence-corrected chi connectivity index (χ2v) is 8.45. The van der Waals surface area contributed by atoms with Crippen LogP contribution < -0.4 is 0 Å². The number of alkyl halides is 1. The van der Waals surface area contributed by atoms with Gasteiger partial charge in [-0.25, -0.2) is 17.6 Å². The predicted molar refractivity (Wildman–Crippen MR) is 120 cm³/mol. The van der Waals surface area contributed by atoms with Crippen LogP contribution in [0, 0.1) is 17.5 Å². The van der Waals surface area contributed by atoms with E-state index in [9.17, 15) is 17.6 Å². The molecular weight excluding hydrogens is 432 g/mol. The third-order valence-corrected chi connectivity index (χ3v) is 5.98. The van der Waals surface area contributed by atoms with Gasteiger partial charge in [0.25, 0.3) is 0 Å². The summed E-state index contributed by atoms with van der Waals surface area (Å²) in [5, 5.41) is 0. The fourth-order valence-electron chi connectivity index (χ4n) is 4.16. The molecule has 33 heavy (non-hydrogen) atoms.